The maximum absolute atomic E-state index is 9.79. The van der Waals surface area contributed by atoms with Gasteiger partial charge in [0.15, 0.2) is 24.2 Å². The van der Waals surface area contributed by atoms with E-state index < -0.39 is 73.5 Å². The van der Waals surface area contributed by atoms with E-state index in [2.05, 4.69) is 0 Å². The fourth-order valence-electron chi connectivity index (χ4n) is 3.65. The van der Waals surface area contributed by atoms with E-state index in [9.17, 15) is 15.3 Å². The molecule has 5 N–H and O–H groups in total. The molecule has 11 nitrogen and oxygen atoms in total. The first-order valence-corrected chi connectivity index (χ1v) is 9.26. The van der Waals surface area contributed by atoms with Crippen molar-refractivity contribution in [3.05, 3.63) is 0 Å². The van der Waals surface area contributed by atoms with Crippen LogP contribution in [0, 0.1) is 0 Å². The third kappa shape index (κ3) is 4.35. The maximum Gasteiger partial charge on any atom is 0.190 e. The van der Waals surface area contributed by atoms with Crippen molar-refractivity contribution in [3.8, 4) is 0 Å². The summed E-state index contributed by atoms with van der Waals surface area (Å²) < 4.78 is 32.1. The van der Waals surface area contributed by atoms with Crippen LogP contribution in [0.1, 0.15) is 27.7 Å². The van der Waals surface area contributed by atoms with Crippen molar-refractivity contribution >= 4 is 0 Å². The zero-order valence-electron chi connectivity index (χ0n) is 16.3. The van der Waals surface area contributed by atoms with E-state index in [1.165, 1.54) is 0 Å². The molecule has 0 bridgehead atoms. The minimum Gasteiger partial charge on any atom is -0.394 e. The molecule has 28 heavy (non-hydrogen) atoms. The van der Waals surface area contributed by atoms with Crippen molar-refractivity contribution in [2.75, 3.05) is 13.2 Å². The predicted octanol–water partition coefficient (Wildman–Crippen LogP) is -2.21. The van der Waals surface area contributed by atoms with Crippen LogP contribution in [0.3, 0.4) is 0 Å². The molecule has 4 rings (SSSR count). The number of hydrogen-bond donors (Lipinski definition) is 5. The molecule has 0 amide bonds. The molecule has 0 aromatic rings. The van der Waals surface area contributed by atoms with E-state index in [-0.39, 0.29) is 6.61 Å². The highest BCUT2D eigenvalue weighted by Crippen LogP contribution is 2.38. The third-order valence-electron chi connectivity index (χ3n) is 4.91. The Morgan fingerprint density at radius 1 is 0.786 bits per heavy atom. The lowest BCUT2D eigenvalue weighted by atomic mass is 10.1. The van der Waals surface area contributed by atoms with Crippen LogP contribution in [0.15, 0.2) is 0 Å². The highest BCUT2D eigenvalue weighted by Gasteiger charge is 2.56. The zero-order chi connectivity index (χ0) is 20.9. The smallest absolute Gasteiger partial charge is 0.190 e. The average molecular weight is 410 g/mol. The van der Waals surface area contributed by atoms with Gasteiger partial charge in [0.2, 0.25) is 0 Å². The van der Waals surface area contributed by atoms with E-state index in [0.717, 1.165) is 0 Å². The van der Waals surface area contributed by atoms with Crippen molar-refractivity contribution in [3.63, 3.8) is 0 Å². The molecule has 4 heterocycles. The zero-order valence-corrected chi connectivity index (χ0v) is 16.3. The highest BCUT2D eigenvalue weighted by molar-refractivity contribution is 4.95. The molecule has 11 heteroatoms. The van der Waals surface area contributed by atoms with Crippen LogP contribution in [0.4, 0.5) is 0 Å². The van der Waals surface area contributed by atoms with Gasteiger partial charge >= 0.3 is 0 Å². The molecule has 4 fully saturated rings. The molecule has 2 unspecified atom stereocenters. The van der Waals surface area contributed by atoms with Gasteiger partial charge in [-0.2, -0.15) is 0 Å². The third-order valence-corrected chi connectivity index (χ3v) is 4.91. The van der Waals surface area contributed by atoms with Gasteiger partial charge in [0.25, 0.3) is 0 Å². The van der Waals surface area contributed by atoms with Crippen molar-refractivity contribution in [2.24, 2.45) is 0 Å². The van der Waals surface area contributed by atoms with Gasteiger partial charge < -0.3 is 54.0 Å². The maximum atomic E-state index is 9.79. The van der Waals surface area contributed by atoms with Crippen molar-refractivity contribution in [1.29, 1.82) is 0 Å². The average Bonchev–Trinajstić information content (AvgIpc) is 3.27. The Morgan fingerprint density at radius 2 is 1.29 bits per heavy atom. The van der Waals surface area contributed by atoms with Crippen molar-refractivity contribution in [1.82, 2.24) is 0 Å². The van der Waals surface area contributed by atoms with Gasteiger partial charge in [0.1, 0.15) is 42.7 Å². The van der Waals surface area contributed by atoms with E-state index in [0.29, 0.717) is 0 Å². The van der Waals surface area contributed by atoms with Gasteiger partial charge in [0, 0.05) is 0 Å². The van der Waals surface area contributed by atoms with Crippen LogP contribution < -0.4 is 0 Å². The summed E-state index contributed by atoms with van der Waals surface area (Å²) in [6, 6.07) is 0. The number of ether oxygens (including phenoxy) is 6. The molecule has 164 valence electrons. The summed E-state index contributed by atoms with van der Waals surface area (Å²) in [6.07, 6.45) is -6.69. The van der Waals surface area contributed by atoms with E-state index in [1.807, 2.05) is 0 Å². The standard InChI is InChI=1S/C9H16O6.C8H14O5/c1-9(2)14-7-5(12)6(4(11)3-10)13-8(7)15-9;1-8(2)12-6-5(10)4(3-9)11-7(6)13-8/h4-8,10-12H,3H2,1-2H3;4-7,9-10H,3H2,1-2H3/t4-,5+,6-,7?,8-;4-,5+,6?,7-/m11/s1. The van der Waals surface area contributed by atoms with Gasteiger partial charge in [-0.25, -0.2) is 0 Å². The Kier molecular flexibility index (Phi) is 6.36. The fraction of sp³-hybridized carbons (Fsp3) is 1.00. The largest absolute Gasteiger partial charge is 0.394 e. The molecule has 0 aliphatic carbocycles. The molecule has 0 spiro atoms. The number of aliphatic hydroxyl groups is 5. The Morgan fingerprint density at radius 3 is 1.71 bits per heavy atom. The summed E-state index contributed by atoms with van der Waals surface area (Å²) in [5, 5.41) is 46.3. The molecule has 0 aromatic carbocycles. The summed E-state index contributed by atoms with van der Waals surface area (Å²) in [5.74, 6) is -1.50. The minimum atomic E-state index is -1.12. The first-order valence-electron chi connectivity index (χ1n) is 9.26. The summed E-state index contributed by atoms with van der Waals surface area (Å²) in [5.41, 5.74) is 0. The molecule has 9 atom stereocenters. The van der Waals surface area contributed by atoms with Gasteiger partial charge in [0.05, 0.1) is 13.2 Å². The summed E-state index contributed by atoms with van der Waals surface area (Å²) in [7, 11) is 0. The van der Waals surface area contributed by atoms with Crippen molar-refractivity contribution in [2.45, 2.75) is 94.6 Å². The first-order chi connectivity index (χ1) is 13.0. The SMILES string of the molecule is CC1(C)OC2[C@H](O[C@H](CO)[C@@H]2O)O1.CC1(C)OC2[C@H](O[C@H]([C@H](O)CO)[C@@H]2O)O1. The topological polar surface area (TPSA) is 157 Å². The molecule has 0 radical (unpaired) electrons. The Bertz CT molecular complexity index is 541. The number of fused-ring (bicyclic) bond motifs is 2. The van der Waals surface area contributed by atoms with Gasteiger partial charge in [-0.3, -0.25) is 0 Å². The van der Waals surface area contributed by atoms with Gasteiger partial charge in [-0.1, -0.05) is 0 Å². The van der Waals surface area contributed by atoms with E-state index in [1.54, 1.807) is 27.7 Å². The molecule has 0 aromatic heterocycles. The Balaban J connectivity index is 0.000000162. The van der Waals surface area contributed by atoms with E-state index in [4.69, 9.17) is 38.6 Å². The number of hydrogen-bond acceptors (Lipinski definition) is 11. The molecule has 0 saturated carbocycles. The van der Waals surface area contributed by atoms with Crippen LogP contribution >= 0.6 is 0 Å². The molecular weight excluding hydrogens is 380 g/mol. The van der Waals surface area contributed by atoms with E-state index >= 15 is 0 Å². The van der Waals surface area contributed by atoms with Crippen LogP contribution in [-0.4, -0.2) is 106 Å². The van der Waals surface area contributed by atoms with Crippen molar-refractivity contribution < 1.29 is 54.0 Å². The minimum absolute atomic E-state index is 0.221. The quantitative estimate of drug-likeness (QED) is 0.344. The lowest BCUT2D eigenvalue weighted by Gasteiger charge is -2.24. The number of rotatable bonds is 3. The monoisotopic (exact) mass is 410 g/mol. The van der Waals surface area contributed by atoms with Gasteiger partial charge in [-0.05, 0) is 27.7 Å². The van der Waals surface area contributed by atoms with Crippen LogP contribution in [0.2, 0.25) is 0 Å². The van der Waals surface area contributed by atoms with Crippen LogP contribution in [0.5, 0.6) is 0 Å². The summed E-state index contributed by atoms with van der Waals surface area (Å²) in [6.45, 7) is 6.27. The van der Waals surface area contributed by atoms with Crippen LogP contribution in [-0.2, 0) is 28.4 Å². The molecular formula is C17H30O11. The second kappa shape index (κ2) is 8.00. The molecule has 4 saturated heterocycles. The normalized spacial score (nSPS) is 46.6. The predicted molar refractivity (Wildman–Crippen MR) is 89.6 cm³/mol. The second-order valence-electron chi connectivity index (χ2n) is 8.13. The Hall–Kier alpha value is -0.440. The number of aliphatic hydroxyl groups excluding tert-OH is 5. The second-order valence-corrected chi connectivity index (χ2v) is 8.13. The Labute approximate surface area is 162 Å². The first kappa shape index (κ1) is 22.2. The lowest BCUT2D eigenvalue weighted by molar-refractivity contribution is -0.227. The highest BCUT2D eigenvalue weighted by atomic mass is 16.8. The summed E-state index contributed by atoms with van der Waals surface area (Å²) >= 11 is 0. The van der Waals surface area contributed by atoms with Gasteiger partial charge in [-0.15, -0.1) is 0 Å². The molecule has 4 aliphatic rings. The summed E-state index contributed by atoms with van der Waals surface area (Å²) in [4.78, 5) is 0. The lowest BCUT2D eigenvalue weighted by Crippen LogP contribution is -2.42. The fourth-order valence-corrected chi connectivity index (χ4v) is 3.65. The molecule has 4 aliphatic heterocycles. The van der Waals surface area contributed by atoms with Crippen LogP contribution in [0.25, 0.3) is 0 Å².